The van der Waals surface area contributed by atoms with Gasteiger partial charge in [-0.3, -0.25) is 19.3 Å². The number of rotatable bonds is 6. The van der Waals surface area contributed by atoms with Gasteiger partial charge in [-0.2, -0.15) is 5.10 Å². The highest BCUT2D eigenvalue weighted by molar-refractivity contribution is 6.30. The summed E-state index contributed by atoms with van der Waals surface area (Å²) in [6.07, 6.45) is 7.42. The first-order valence-corrected chi connectivity index (χ1v) is 9.00. The van der Waals surface area contributed by atoms with Crippen molar-refractivity contribution in [1.29, 1.82) is 0 Å². The van der Waals surface area contributed by atoms with Crippen LogP contribution in [0.2, 0.25) is 5.02 Å². The van der Waals surface area contributed by atoms with Crippen molar-refractivity contribution in [2.24, 2.45) is 0 Å². The first-order chi connectivity index (χ1) is 12.9. The molecule has 2 aromatic heterocycles. The fourth-order valence-electron chi connectivity index (χ4n) is 2.95. The van der Waals surface area contributed by atoms with Crippen molar-refractivity contribution in [3.63, 3.8) is 0 Å². The minimum atomic E-state index is -0.0803. The largest absolute Gasteiger partial charge is 0.367 e. The number of carbonyl (C=O) groups excluding carboxylic acids is 2. The lowest BCUT2D eigenvalue weighted by Gasteiger charge is -2.30. The number of hydrogen-bond donors (Lipinski definition) is 0. The van der Waals surface area contributed by atoms with Crippen LogP contribution in [0.15, 0.2) is 24.8 Å². The summed E-state index contributed by atoms with van der Waals surface area (Å²) in [6.45, 7) is 1.64. The molecule has 2 amide bonds. The molecule has 1 aliphatic heterocycles. The molecule has 0 unspecified atom stereocenters. The van der Waals surface area contributed by atoms with E-state index in [1.807, 2.05) is 0 Å². The van der Waals surface area contributed by atoms with E-state index in [0.717, 1.165) is 23.1 Å². The molecule has 0 saturated carbocycles. The van der Waals surface area contributed by atoms with Gasteiger partial charge in [0.2, 0.25) is 11.8 Å². The van der Waals surface area contributed by atoms with Crippen LogP contribution in [-0.4, -0.2) is 63.6 Å². The highest BCUT2D eigenvalue weighted by atomic mass is 35.5. The average Bonchev–Trinajstić information content (AvgIpc) is 3.05. The molecule has 0 atom stereocenters. The van der Waals surface area contributed by atoms with Crippen LogP contribution in [-0.2, 0) is 40.4 Å². The minimum Gasteiger partial charge on any atom is -0.367 e. The molecule has 0 saturated heterocycles. The smallest absolute Gasteiger partial charge is 0.248 e. The zero-order valence-corrected chi connectivity index (χ0v) is 16.1. The van der Waals surface area contributed by atoms with Gasteiger partial charge < -0.3 is 14.5 Å². The maximum Gasteiger partial charge on any atom is 0.248 e. The molecule has 0 N–H and O–H groups in total. The summed E-state index contributed by atoms with van der Waals surface area (Å²) >= 11 is 5.84. The van der Waals surface area contributed by atoms with E-state index in [0.29, 0.717) is 24.7 Å². The maximum absolute atomic E-state index is 12.5. The van der Waals surface area contributed by atoms with E-state index < -0.39 is 0 Å². The molecule has 0 aliphatic carbocycles. The number of nitrogens with zero attached hydrogens (tertiary/aromatic N) is 5. The summed E-state index contributed by atoms with van der Waals surface area (Å²) in [4.78, 5) is 31.7. The number of likely N-dealkylation sites (N-methyl/N-ethyl adjacent to an activating group) is 1. The topological polar surface area (TPSA) is 80.6 Å². The molecule has 0 aromatic carbocycles. The molecule has 3 rings (SSSR count). The second-order valence-corrected chi connectivity index (χ2v) is 7.08. The van der Waals surface area contributed by atoms with Crippen molar-refractivity contribution in [2.75, 3.05) is 27.2 Å². The summed E-state index contributed by atoms with van der Waals surface area (Å²) in [5.74, 6) is -0.0955. The van der Waals surface area contributed by atoms with Crippen LogP contribution in [0.5, 0.6) is 0 Å². The number of hydrogen-bond acceptors (Lipinski definition) is 5. The van der Waals surface area contributed by atoms with Gasteiger partial charge in [0, 0.05) is 45.8 Å². The summed E-state index contributed by atoms with van der Waals surface area (Å²) in [7, 11) is 3.39. The fraction of sp³-hybridized carbons (Fsp3) is 0.444. The van der Waals surface area contributed by atoms with Crippen LogP contribution >= 0.6 is 11.6 Å². The Hall–Kier alpha value is -2.45. The third kappa shape index (κ3) is 4.84. The first kappa shape index (κ1) is 19.3. The highest BCUT2D eigenvalue weighted by Crippen LogP contribution is 2.22. The molecule has 3 heterocycles. The Kier molecular flexibility index (Phi) is 6.08. The van der Waals surface area contributed by atoms with Crippen LogP contribution < -0.4 is 0 Å². The average molecular weight is 392 g/mol. The van der Waals surface area contributed by atoms with Gasteiger partial charge in [0.25, 0.3) is 0 Å². The lowest BCUT2D eigenvalue weighted by molar-refractivity contribution is -0.134. The maximum atomic E-state index is 12.5. The van der Waals surface area contributed by atoms with Crippen molar-refractivity contribution >= 4 is 23.4 Å². The van der Waals surface area contributed by atoms with Gasteiger partial charge in [0.1, 0.15) is 13.2 Å². The van der Waals surface area contributed by atoms with Crippen molar-refractivity contribution in [3.05, 3.63) is 46.5 Å². The van der Waals surface area contributed by atoms with Crippen molar-refractivity contribution in [3.8, 4) is 0 Å². The van der Waals surface area contributed by atoms with Gasteiger partial charge in [0.15, 0.2) is 0 Å². The van der Waals surface area contributed by atoms with Crippen LogP contribution in [0, 0.1) is 0 Å². The number of ether oxygens (including phenoxy) is 1. The molecule has 1 aliphatic rings. The normalized spacial score (nSPS) is 13.4. The van der Waals surface area contributed by atoms with Crippen LogP contribution in [0.1, 0.15) is 16.7 Å². The quantitative estimate of drug-likeness (QED) is 0.737. The Morgan fingerprint density at radius 1 is 1.30 bits per heavy atom. The number of fused-ring (bicyclic) bond motifs is 1. The van der Waals surface area contributed by atoms with Crippen LogP contribution in [0.25, 0.3) is 0 Å². The SMILES string of the molecule is CN(C)C(=O)COCc1cncc2c1CCN(C(=O)Cn1cc(Cl)cn1)C2. The van der Waals surface area contributed by atoms with Gasteiger partial charge in [0.05, 0.1) is 17.8 Å². The second kappa shape index (κ2) is 8.49. The molecule has 0 spiro atoms. The molecule has 8 nitrogen and oxygen atoms in total. The number of carbonyl (C=O) groups is 2. The Morgan fingerprint density at radius 3 is 2.81 bits per heavy atom. The molecular formula is C18H22ClN5O3. The molecule has 9 heteroatoms. The standard InChI is InChI=1S/C18H22ClN5O3/c1-22(2)18(26)12-27-11-14-6-20-5-13-8-23(4-3-16(13)14)17(25)10-24-9-15(19)7-21-24/h5-7,9H,3-4,8,10-12H2,1-2H3. The second-order valence-electron chi connectivity index (χ2n) is 6.64. The van der Waals surface area contributed by atoms with E-state index in [4.69, 9.17) is 16.3 Å². The van der Waals surface area contributed by atoms with Crippen molar-refractivity contribution < 1.29 is 14.3 Å². The van der Waals surface area contributed by atoms with Gasteiger partial charge >= 0.3 is 0 Å². The lowest BCUT2D eigenvalue weighted by atomic mass is 9.97. The number of pyridine rings is 1. The van der Waals surface area contributed by atoms with Crippen LogP contribution in [0.3, 0.4) is 0 Å². The Morgan fingerprint density at radius 2 is 2.11 bits per heavy atom. The monoisotopic (exact) mass is 391 g/mol. The van der Waals surface area contributed by atoms with E-state index >= 15 is 0 Å². The summed E-state index contributed by atoms with van der Waals surface area (Å²) in [6, 6.07) is 0. The van der Waals surface area contributed by atoms with E-state index in [9.17, 15) is 9.59 Å². The van der Waals surface area contributed by atoms with E-state index in [2.05, 4.69) is 10.1 Å². The third-order valence-corrected chi connectivity index (χ3v) is 4.66. The van der Waals surface area contributed by atoms with E-state index in [-0.39, 0.29) is 25.0 Å². The Labute approximate surface area is 162 Å². The van der Waals surface area contributed by atoms with Gasteiger partial charge in [-0.25, -0.2) is 0 Å². The molecule has 0 bridgehead atoms. The van der Waals surface area contributed by atoms with Gasteiger partial charge in [-0.1, -0.05) is 11.6 Å². The third-order valence-electron chi connectivity index (χ3n) is 4.46. The Balaban J connectivity index is 1.61. The van der Waals surface area contributed by atoms with Crippen molar-refractivity contribution in [1.82, 2.24) is 24.6 Å². The number of halogens is 1. The lowest BCUT2D eigenvalue weighted by Crippen LogP contribution is -2.38. The molecule has 27 heavy (non-hydrogen) atoms. The van der Waals surface area contributed by atoms with E-state index in [1.165, 1.54) is 15.8 Å². The minimum absolute atomic E-state index is 0.0151. The predicted molar refractivity (Wildman–Crippen MR) is 98.9 cm³/mol. The van der Waals surface area contributed by atoms with Crippen LogP contribution in [0.4, 0.5) is 0 Å². The summed E-state index contributed by atoms with van der Waals surface area (Å²) in [5, 5.41) is 4.55. The zero-order valence-electron chi connectivity index (χ0n) is 15.4. The molecule has 0 radical (unpaired) electrons. The molecule has 144 valence electrons. The zero-order chi connectivity index (χ0) is 19.4. The summed E-state index contributed by atoms with van der Waals surface area (Å²) < 4.78 is 7.06. The first-order valence-electron chi connectivity index (χ1n) is 8.62. The molecule has 2 aromatic rings. The van der Waals surface area contributed by atoms with Gasteiger partial charge in [-0.15, -0.1) is 0 Å². The number of amides is 2. The van der Waals surface area contributed by atoms with Crippen molar-refractivity contribution in [2.45, 2.75) is 26.1 Å². The van der Waals surface area contributed by atoms with Gasteiger partial charge in [-0.05, 0) is 23.1 Å². The molecule has 0 fully saturated rings. The summed E-state index contributed by atoms with van der Waals surface area (Å²) in [5.41, 5.74) is 3.12. The predicted octanol–water partition coefficient (Wildman–Crippen LogP) is 1.12. The Bertz CT molecular complexity index is 836. The number of aromatic nitrogens is 3. The highest BCUT2D eigenvalue weighted by Gasteiger charge is 2.23. The fourth-order valence-corrected chi connectivity index (χ4v) is 3.10. The van der Waals surface area contributed by atoms with E-state index in [1.54, 1.807) is 37.6 Å². The molecular weight excluding hydrogens is 370 g/mol.